The minimum atomic E-state index is -0.244. The number of hydrogen-bond acceptors (Lipinski definition) is 3. The number of rotatable bonds is 2. The smallest absolute Gasteiger partial charge is 0.172 e. The molecule has 0 aliphatic heterocycles. The Bertz CT molecular complexity index is 427. The molecule has 78 valence electrons. The second-order valence-electron chi connectivity index (χ2n) is 3.53. The van der Waals surface area contributed by atoms with Crippen LogP contribution in [0.5, 0.6) is 0 Å². The highest BCUT2D eigenvalue weighted by Gasteiger charge is 2.13. The molecule has 1 atom stereocenters. The van der Waals surface area contributed by atoms with Crippen molar-refractivity contribution in [1.82, 2.24) is 14.8 Å². The van der Waals surface area contributed by atoms with Crippen molar-refractivity contribution in [2.24, 2.45) is 12.8 Å². The van der Waals surface area contributed by atoms with Crippen LogP contribution in [0.25, 0.3) is 0 Å². The Morgan fingerprint density at radius 2 is 1.93 bits per heavy atom. The summed E-state index contributed by atoms with van der Waals surface area (Å²) in [5, 5.41) is 4.27. The van der Waals surface area contributed by atoms with Gasteiger partial charge in [-0.15, -0.1) is 0 Å². The second kappa shape index (κ2) is 3.82. The van der Waals surface area contributed by atoms with Gasteiger partial charge in [0.2, 0.25) is 0 Å². The third-order valence-electron chi connectivity index (χ3n) is 2.43. The van der Waals surface area contributed by atoms with E-state index in [1.54, 1.807) is 4.68 Å². The lowest BCUT2D eigenvalue weighted by Gasteiger charge is -2.06. The molecule has 4 heteroatoms. The molecular weight excluding hydrogens is 188 g/mol. The molecule has 0 spiro atoms. The van der Waals surface area contributed by atoms with Gasteiger partial charge in [0.25, 0.3) is 0 Å². The topological polar surface area (TPSA) is 56.7 Å². The summed E-state index contributed by atoms with van der Waals surface area (Å²) in [5.74, 6) is 1.54. The molecular formula is C11H14N4. The Balaban J connectivity index is 2.32. The molecule has 1 aromatic carbocycles. The maximum atomic E-state index is 6.06. The Morgan fingerprint density at radius 3 is 2.47 bits per heavy atom. The van der Waals surface area contributed by atoms with Crippen LogP contribution in [0.2, 0.25) is 0 Å². The first-order chi connectivity index (χ1) is 7.18. The molecule has 0 aliphatic carbocycles. The van der Waals surface area contributed by atoms with Gasteiger partial charge in [-0.1, -0.05) is 30.3 Å². The van der Waals surface area contributed by atoms with E-state index in [4.69, 9.17) is 5.73 Å². The van der Waals surface area contributed by atoms with Crippen LogP contribution in [0, 0.1) is 6.92 Å². The van der Waals surface area contributed by atoms with E-state index in [2.05, 4.69) is 10.1 Å². The van der Waals surface area contributed by atoms with Crippen LogP contribution in [-0.2, 0) is 7.05 Å². The summed E-state index contributed by atoms with van der Waals surface area (Å²) in [5.41, 5.74) is 7.09. The van der Waals surface area contributed by atoms with Gasteiger partial charge in [0.05, 0.1) is 6.04 Å². The zero-order chi connectivity index (χ0) is 10.8. The highest BCUT2D eigenvalue weighted by Crippen LogP contribution is 2.15. The fourth-order valence-electron chi connectivity index (χ4n) is 1.43. The standard InChI is InChI=1S/C11H14N4/c1-8-13-11(14-15(8)2)10(12)9-6-4-3-5-7-9/h3-7,10H,12H2,1-2H3. The van der Waals surface area contributed by atoms with E-state index in [9.17, 15) is 0 Å². The number of hydrogen-bond donors (Lipinski definition) is 1. The quantitative estimate of drug-likeness (QED) is 0.795. The van der Waals surface area contributed by atoms with Crippen LogP contribution < -0.4 is 5.73 Å². The van der Waals surface area contributed by atoms with E-state index in [0.717, 1.165) is 11.4 Å². The van der Waals surface area contributed by atoms with Gasteiger partial charge in [-0.05, 0) is 12.5 Å². The first-order valence-electron chi connectivity index (χ1n) is 4.86. The lowest BCUT2D eigenvalue weighted by atomic mass is 10.1. The molecule has 15 heavy (non-hydrogen) atoms. The van der Waals surface area contributed by atoms with Gasteiger partial charge in [-0.25, -0.2) is 4.98 Å². The molecule has 2 rings (SSSR count). The van der Waals surface area contributed by atoms with Gasteiger partial charge in [-0.3, -0.25) is 4.68 Å². The summed E-state index contributed by atoms with van der Waals surface area (Å²) in [7, 11) is 1.86. The summed E-state index contributed by atoms with van der Waals surface area (Å²) in [4.78, 5) is 4.31. The zero-order valence-electron chi connectivity index (χ0n) is 8.88. The minimum absolute atomic E-state index is 0.244. The molecule has 0 amide bonds. The van der Waals surface area contributed by atoms with Crippen LogP contribution in [-0.4, -0.2) is 14.8 Å². The van der Waals surface area contributed by atoms with Crippen molar-refractivity contribution in [3.8, 4) is 0 Å². The highest BCUT2D eigenvalue weighted by atomic mass is 15.3. The summed E-state index contributed by atoms with van der Waals surface area (Å²) < 4.78 is 1.73. The number of nitrogens with zero attached hydrogens (tertiary/aromatic N) is 3. The molecule has 2 aromatic rings. The summed E-state index contributed by atoms with van der Waals surface area (Å²) in [6.45, 7) is 1.91. The van der Waals surface area contributed by atoms with Crippen molar-refractivity contribution in [2.75, 3.05) is 0 Å². The predicted molar refractivity (Wildman–Crippen MR) is 58.2 cm³/mol. The van der Waals surface area contributed by atoms with Crippen LogP contribution >= 0.6 is 0 Å². The molecule has 0 radical (unpaired) electrons. The van der Waals surface area contributed by atoms with Crippen molar-refractivity contribution in [3.63, 3.8) is 0 Å². The minimum Gasteiger partial charge on any atom is -0.318 e. The Morgan fingerprint density at radius 1 is 1.27 bits per heavy atom. The van der Waals surface area contributed by atoms with Gasteiger partial charge in [0.1, 0.15) is 5.82 Å². The summed E-state index contributed by atoms with van der Waals surface area (Å²) >= 11 is 0. The van der Waals surface area contributed by atoms with Gasteiger partial charge < -0.3 is 5.73 Å². The van der Waals surface area contributed by atoms with Crippen molar-refractivity contribution in [3.05, 3.63) is 47.5 Å². The lowest BCUT2D eigenvalue weighted by molar-refractivity contribution is 0.700. The van der Waals surface area contributed by atoms with Crippen LogP contribution in [0.4, 0.5) is 0 Å². The van der Waals surface area contributed by atoms with Crippen LogP contribution in [0.3, 0.4) is 0 Å². The van der Waals surface area contributed by atoms with E-state index in [1.807, 2.05) is 44.3 Å². The fraction of sp³-hybridized carbons (Fsp3) is 0.273. The number of aromatic nitrogens is 3. The van der Waals surface area contributed by atoms with Crippen molar-refractivity contribution in [1.29, 1.82) is 0 Å². The number of benzene rings is 1. The zero-order valence-corrected chi connectivity index (χ0v) is 8.88. The average molecular weight is 202 g/mol. The first kappa shape index (κ1) is 9.86. The van der Waals surface area contributed by atoms with Crippen LogP contribution in [0.15, 0.2) is 30.3 Å². The molecule has 0 fully saturated rings. The number of nitrogens with two attached hydrogens (primary N) is 1. The van der Waals surface area contributed by atoms with E-state index < -0.39 is 0 Å². The molecule has 0 saturated carbocycles. The molecule has 1 aromatic heterocycles. The van der Waals surface area contributed by atoms with Crippen LogP contribution in [0.1, 0.15) is 23.3 Å². The van der Waals surface area contributed by atoms with E-state index >= 15 is 0 Å². The molecule has 1 heterocycles. The summed E-state index contributed by atoms with van der Waals surface area (Å²) in [6.07, 6.45) is 0. The summed E-state index contributed by atoms with van der Waals surface area (Å²) in [6, 6.07) is 9.61. The van der Waals surface area contributed by atoms with E-state index in [0.29, 0.717) is 5.82 Å². The normalized spacial score (nSPS) is 12.7. The second-order valence-corrected chi connectivity index (χ2v) is 3.53. The van der Waals surface area contributed by atoms with Gasteiger partial charge in [0.15, 0.2) is 5.82 Å². The molecule has 0 bridgehead atoms. The fourth-order valence-corrected chi connectivity index (χ4v) is 1.43. The maximum Gasteiger partial charge on any atom is 0.172 e. The predicted octanol–water partition coefficient (Wildman–Crippen LogP) is 1.17. The number of aryl methyl sites for hydroxylation is 2. The SMILES string of the molecule is Cc1nc(C(N)c2ccccc2)nn1C. The third-order valence-corrected chi connectivity index (χ3v) is 2.43. The molecule has 4 nitrogen and oxygen atoms in total. The van der Waals surface area contributed by atoms with Crippen molar-refractivity contribution in [2.45, 2.75) is 13.0 Å². The van der Waals surface area contributed by atoms with Gasteiger partial charge >= 0.3 is 0 Å². The average Bonchev–Trinajstić information content (AvgIpc) is 2.59. The van der Waals surface area contributed by atoms with Crippen molar-refractivity contribution < 1.29 is 0 Å². The monoisotopic (exact) mass is 202 g/mol. The molecule has 2 N–H and O–H groups in total. The Kier molecular flexibility index (Phi) is 2.51. The molecule has 1 unspecified atom stereocenters. The lowest BCUT2D eigenvalue weighted by Crippen LogP contribution is -2.13. The van der Waals surface area contributed by atoms with E-state index in [-0.39, 0.29) is 6.04 Å². The highest BCUT2D eigenvalue weighted by molar-refractivity contribution is 5.23. The molecule has 0 aliphatic rings. The maximum absolute atomic E-state index is 6.06. The van der Waals surface area contributed by atoms with Crippen molar-refractivity contribution >= 4 is 0 Å². The molecule has 0 saturated heterocycles. The third kappa shape index (κ3) is 1.89. The Labute approximate surface area is 88.8 Å². The Hall–Kier alpha value is -1.68. The first-order valence-corrected chi connectivity index (χ1v) is 4.86. The van der Waals surface area contributed by atoms with Gasteiger partial charge in [-0.2, -0.15) is 5.10 Å². The van der Waals surface area contributed by atoms with Gasteiger partial charge in [0, 0.05) is 7.05 Å². The largest absolute Gasteiger partial charge is 0.318 e. The van der Waals surface area contributed by atoms with E-state index in [1.165, 1.54) is 0 Å².